The Hall–Kier alpha value is -1.19. The van der Waals surface area contributed by atoms with Gasteiger partial charge in [0.2, 0.25) is 0 Å². The highest BCUT2D eigenvalue weighted by Gasteiger charge is 2.33. The predicted octanol–water partition coefficient (Wildman–Crippen LogP) is 1.28. The zero-order valence-corrected chi connectivity index (χ0v) is 8.59. The second kappa shape index (κ2) is 5.63. The molecule has 1 saturated carbocycles. The molecule has 4 heteroatoms. The van der Waals surface area contributed by atoms with Crippen molar-refractivity contribution in [3.63, 3.8) is 0 Å². The van der Waals surface area contributed by atoms with Crippen LogP contribution in [0, 0.1) is 17.8 Å². The van der Waals surface area contributed by atoms with E-state index in [2.05, 4.69) is 0 Å². The van der Waals surface area contributed by atoms with Gasteiger partial charge in [0, 0.05) is 12.8 Å². The Morgan fingerprint density at radius 2 is 1.87 bits per heavy atom. The van der Waals surface area contributed by atoms with E-state index in [1.54, 1.807) is 0 Å². The van der Waals surface area contributed by atoms with E-state index in [4.69, 9.17) is 5.11 Å². The summed E-state index contributed by atoms with van der Waals surface area (Å²) in [7, 11) is 0. The molecule has 0 bridgehead atoms. The summed E-state index contributed by atoms with van der Waals surface area (Å²) in [6.45, 7) is 0. The van der Waals surface area contributed by atoms with Crippen molar-refractivity contribution in [1.82, 2.24) is 0 Å². The van der Waals surface area contributed by atoms with Crippen molar-refractivity contribution in [2.45, 2.75) is 32.1 Å². The number of carbonyl (C=O) groups excluding carboxylic acids is 2. The molecule has 1 rings (SSSR count). The molecular weight excluding hydrogens is 196 g/mol. The Labute approximate surface area is 88.7 Å². The second-order valence-electron chi connectivity index (χ2n) is 4.17. The molecule has 0 aliphatic heterocycles. The van der Waals surface area contributed by atoms with Crippen LogP contribution in [0.4, 0.5) is 0 Å². The van der Waals surface area contributed by atoms with Gasteiger partial charge in [-0.25, -0.2) is 0 Å². The highest BCUT2D eigenvalue weighted by molar-refractivity contribution is 5.73. The fourth-order valence-corrected chi connectivity index (χ4v) is 1.95. The van der Waals surface area contributed by atoms with Crippen molar-refractivity contribution in [3.8, 4) is 0 Å². The molecule has 0 aromatic carbocycles. The molecule has 0 aromatic heterocycles. The van der Waals surface area contributed by atoms with Crippen LogP contribution in [-0.4, -0.2) is 23.6 Å². The molecule has 0 spiro atoms. The first-order chi connectivity index (χ1) is 7.19. The van der Waals surface area contributed by atoms with E-state index >= 15 is 0 Å². The summed E-state index contributed by atoms with van der Waals surface area (Å²) in [5, 5.41) is 8.88. The Balaban J connectivity index is 2.48. The van der Waals surface area contributed by atoms with Gasteiger partial charge in [-0.15, -0.1) is 0 Å². The summed E-state index contributed by atoms with van der Waals surface area (Å²) in [6.07, 6.45) is 4.60. The van der Waals surface area contributed by atoms with Crippen LogP contribution in [0.15, 0.2) is 0 Å². The quantitative estimate of drug-likeness (QED) is 0.615. The highest BCUT2D eigenvalue weighted by atomic mass is 16.4. The molecule has 84 valence electrons. The lowest BCUT2D eigenvalue weighted by atomic mass is 9.87. The third kappa shape index (κ3) is 3.81. The van der Waals surface area contributed by atoms with Gasteiger partial charge in [0.1, 0.15) is 12.6 Å². The lowest BCUT2D eigenvalue weighted by Crippen LogP contribution is -2.19. The minimum atomic E-state index is -0.932. The first kappa shape index (κ1) is 11.9. The topological polar surface area (TPSA) is 71.4 Å². The molecule has 2 atom stereocenters. The maximum Gasteiger partial charge on any atom is 0.306 e. The van der Waals surface area contributed by atoms with Crippen LogP contribution >= 0.6 is 0 Å². The monoisotopic (exact) mass is 212 g/mol. The minimum Gasteiger partial charge on any atom is -0.481 e. The van der Waals surface area contributed by atoms with E-state index in [-0.39, 0.29) is 12.3 Å². The van der Waals surface area contributed by atoms with E-state index in [1.807, 2.05) is 0 Å². The van der Waals surface area contributed by atoms with E-state index in [0.717, 1.165) is 19.1 Å². The van der Waals surface area contributed by atoms with Crippen molar-refractivity contribution >= 4 is 18.5 Å². The van der Waals surface area contributed by atoms with Gasteiger partial charge >= 0.3 is 5.97 Å². The first-order valence-electron chi connectivity index (χ1n) is 5.29. The van der Waals surface area contributed by atoms with E-state index in [0.29, 0.717) is 25.0 Å². The lowest BCUT2D eigenvalue weighted by molar-refractivity contribution is -0.143. The van der Waals surface area contributed by atoms with Crippen molar-refractivity contribution in [1.29, 1.82) is 0 Å². The van der Waals surface area contributed by atoms with Crippen LogP contribution in [0.2, 0.25) is 0 Å². The molecule has 1 fully saturated rings. The number of carboxylic acids is 1. The fraction of sp³-hybridized carbons (Fsp3) is 0.727. The normalized spacial score (nSPS) is 19.2. The number of rotatable bonds is 8. The van der Waals surface area contributed by atoms with Gasteiger partial charge in [-0.05, 0) is 31.1 Å². The summed E-state index contributed by atoms with van der Waals surface area (Å²) >= 11 is 0. The number of aliphatic carboxylic acids is 1. The molecule has 0 heterocycles. The van der Waals surface area contributed by atoms with Crippen molar-refractivity contribution in [2.24, 2.45) is 17.8 Å². The summed E-state index contributed by atoms with van der Waals surface area (Å²) in [5.74, 6) is -0.890. The van der Waals surface area contributed by atoms with Gasteiger partial charge < -0.3 is 14.7 Å². The highest BCUT2D eigenvalue weighted by Crippen LogP contribution is 2.41. The van der Waals surface area contributed by atoms with Gasteiger partial charge in [-0.1, -0.05) is 0 Å². The standard InChI is InChI=1S/C11H16O4/c12-5-3-9(8-1-2-8)7-10(4-6-13)11(14)15/h5-6,8-10H,1-4,7H2,(H,14,15). The smallest absolute Gasteiger partial charge is 0.306 e. The molecule has 2 unspecified atom stereocenters. The molecule has 0 radical (unpaired) electrons. The molecule has 1 aliphatic rings. The molecule has 0 saturated heterocycles. The van der Waals surface area contributed by atoms with Crippen LogP contribution in [0.25, 0.3) is 0 Å². The zero-order chi connectivity index (χ0) is 11.3. The number of carbonyl (C=O) groups is 3. The van der Waals surface area contributed by atoms with Crippen LogP contribution < -0.4 is 0 Å². The van der Waals surface area contributed by atoms with Crippen LogP contribution in [0.5, 0.6) is 0 Å². The summed E-state index contributed by atoms with van der Waals surface area (Å²) in [5.41, 5.74) is 0. The van der Waals surface area contributed by atoms with Gasteiger partial charge in [-0.2, -0.15) is 0 Å². The van der Waals surface area contributed by atoms with Crippen molar-refractivity contribution in [3.05, 3.63) is 0 Å². The first-order valence-corrected chi connectivity index (χ1v) is 5.29. The minimum absolute atomic E-state index is 0.0530. The Morgan fingerprint density at radius 1 is 1.27 bits per heavy atom. The summed E-state index contributed by atoms with van der Waals surface area (Å²) < 4.78 is 0. The number of aldehydes is 2. The third-order valence-electron chi connectivity index (χ3n) is 3.00. The Bertz CT molecular complexity index is 245. The molecule has 0 amide bonds. The molecule has 4 nitrogen and oxygen atoms in total. The molecular formula is C11H16O4. The average molecular weight is 212 g/mol. The fourth-order valence-electron chi connectivity index (χ4n) is 1.95. The van der Waals surface area contributed by atoms with Crippen LogP contribution in [0.1, 0.15) is 32.1 Å². The van der Waals surface area contributed by atoms with E-state index in [1.165, 1.54) is 0 Å². The van der Waals surface area contributed by atoms with Gasteiger partial charge in [0.05, 0.1) is 5.92 Å². The Kier molecular flexibility index (Phi) is 4.46. The second-order valence-corrected chi connectivity index (χ2v) is 4.17. The number of hydrogen-bond acceptors (Lipinski definition) is 3. The van der Waals surface area contributed by atoms with Crippen LogP contribution in [0.3, 0.4) is 0 Å². The van der Waals surface area contributed by atoms with Gasteiger partial charge in [0.15, 0.2) is 0 Å². The third-order valence-corrected chi connectivity index (χ3v) is 3.00. The number of carboxylic acid groups (broad SMARTS) is 1. The van der Waals surface area contributed by atoms with E-state index in [9.17, 15) is 14.4 Å². The van der Waals surface area contributed by atoms with Crippen molar-refractivity contribution in [2.75, 3.05) is 0 Å². The summed E-state index contributed by atoms with van der Waals surface area (Å²) in [4.78, 5) is 31.6. The Morgan fingerprint density at radius 3 is 2.27 bits per heavy atom. The van der Waals surface area contributed by atoms with E-state index < -0.39 is 11.9 Å². The molecule has 1 aliphatic carbocycles. The zero-order valence-electron chi connectivity index (χ0n) is 8.59. The lowest BCUT2D eigenvalue weighted by Gasteiger charge is -2.17. The van der Waals surface area contributed by atoms with Gasteiger partial charge in [0.25, 0.3) is 0 Å². The molecule has 0 aromatic rings. The van der Waals surface area contributed by atoms with Crippen LogP contribution in [-0.2, 0) is 14.4 Å². The SMILES string of the molecule is O=CCC(CC(CC=O)C1CC1)C(=O)O. The van der Waals surface area contributed by atoms with Gasteiger partial charge in [-0.3, -0.25) is 4.79 Å². The maximum atomic E-state index is 10.8. The van der Waals surface area contributed by atoms with Crippen molar-refractivity contribution < 1.29 is 19.5 Å². The molecule has 1 N–H and O–H groups in total. The average Bonchev–Trinajstić information content (AvgIpc) is 2.99. The largest absolute Gasteiger partial charge is 0.481 e. The maximum absolute atomic E-state index is 10.8. The predicted molar refractivity (Wildman–Crippen MR) is 53.3 cm³/mol. The summed E-state index contributed by atoms with van der Waals surface area (Å²) in [6, 6.07) is 0. The number of hydrogen-bond donors (Lipinski definition) is 1. The molecule has 15 heavy (non-hydrogen) atoms.